The Labute approximate surface area is 123 Å². The summed E-state index contributed by atoms with van der Waals surface area (Å²) in [6, 6.07) is 19.0. The summed E-state index contributed by atoms with van der Waals surface area (Å²) in [6.45, 7) is 2.10. The van der Waals surface area contributed by atoms with Crippen molar-refractivity contribution in [2.24, 2.45) is 5.73 Å². The number of benzene rings is 2. The third-order valence-corrected chi connectivity index (χ3v) is 4.45. The molecule has 2 aromatic carbocycles. The minimum atomic E-state index is 0.0614. The first kappa shape index (κ1) is 13.3. The first-order chi connectivity index (χ1) is 9.72. The number of H-pyrrole nitrogens is 1. The summed E-state index contributed by atoms with van der Waals surface area (Å²) in [5, 5.41) is 2.42. The topological polar surface area (TPSA) is 41.8 Å². The van der Waals surface area contributed by atoms with Crippen molar-refractivity contribution >= 4 is 22.7 Å². The lowest BCUT2D eigenvalue weighted by Gasteiger charge is -2.11. The Morgan fingerprint density at radius 3 is 2.75 bits per heavy atom. The molecule has 0 saturated heterocycles. The van der Waals surface area contributed by atoms with Crippen molar-refractivity contribution in [3.63, 3.8) is 0 Å². The first-order valence-corrected chi connectivity index (χ1v) is 7.73. The van der Waals surface area contributed by atoms with Gasteiger partial charge in [0.15, 0.2) is 0 Å². The lowest BCUT2D eigenvalue weighted by molar-refractivity contribution is 0.829. The van der Waals surface area contributed by atoms with Crippen molar-refractivity contribution in [3.05, 3.63) is 65.7 Å². The van der Waals surface area contributed by atoms with Crippen LogP contribution in [0.2, 0.25) is 0 Å². The summed E-state index contributed by atoms with van der Waals surface area (Å²) in [5.74, 6) is 0.871. The molecule has 3 rings (SSSR count). The lowest BCUT2D eigenvalue weighted by atomic mass is 10.1. The van der Waals surface area contributed by atoms with Gasteiger partial charge < -0.3 is 10.7 Å². The predicted octanol–water partition coefficient (Wildman–Crippen LogP) is 4.27. The van der Waals surface area contributed by atoms with Gasteiger partial charge in [-0.2, -0.15) is 0 Å². The fourth-order valence-corrected chi connectivity index (χ4v) is 3.25. The number of aromatic nitrogens is 1. The third-order valence-electron chi connectivity index (χ3n) is 3.39. The van der Waals surface area contributed by atoms with Crippen LogP contribution in [0.1, 0.15) is 17.2 Å². The minimum absolute atomic E-state index is 0.0614. The minimum Gasteiger partial charge on any atom is -0.350 e. The number of aromatic amines is 1. The molecule has 0 saturated carbocycles. The van der Waals surface area contributed by atoms with E-state index < -0.39 is 0 Å². The van der Waals surface area contributed by atoms with E-state index in [2.05, 4.69) is 60.4 Å². The molecule has 102 valence electrons. The van der Waals surface area contributed by atoms with Gasteiger partial charge in [0, 0.05) is 22.7 Å². The molecule has 0 aliphatic rings. The SMILES string of the molecule is Cc1cccc(C(N)CSc2cc3ccccc3[nH]2)c1. The third kappa shape index (κ3) is 2.89. The molecule has 3 aromatic rings. The molecule has 3 N–H and O–H groups in total. The highest BCUT2D eigenvalue weighted by Crippen LogP contribution is 2.26. The Hall–Kier alpha value is -1.71. The quantitative estimate of drug-likeness (QED) is 0.702. The fourth-order valence-electron chi connectivity index (χ4n) is 2.30. The average Bonchev–Trinajstić information content (AvgIpc) is 2.87. The summed E-state index contributed by atoms with van der Waals surface area (Å²) >= 11 is 1.77. The number of hydrogen-bond acceptors (Lipinski definition) is 2. The van der Waals surface area contributed by atoms with Gasteiger partial charge in [-0.05, 0) is 24.6 Å². The monoisotopic (exact) mass is 282 g/mol. The van der Waals surface area contributed by atoms with E-state index in [1.54, 1.807) is 11.8 Å². The van der Waals surface area contributed by atoms with Crippen LogP contribution in [0.25, 0.3) is 10.9 Å². The van der Waals surface area contributed by atoms with E-state index >= 15 is 0 Å². The molecule has 0 radical (unpaired) electrons. The van der Waals surface area contributed by atoms with Gasteiger partial charge in [-0.15, -0.1) is 11.8 Å². The molecule has 0 bridgehead atoms. The van der Waals surface area contributed by atoms with E-state index in [1.807, 2.05) is 6.07 Å². The highest BCUT2D eigenvalue weighted by molar-refractivity contribution is 7.99. The number of thioether (sulfide) groups is 1. The zero-order chi connectivity index (χ0) is 13.9. The number of aryl methyl sites for hydroxylation is 1. The Morgan fingerprint density at radius 1 is 1.10 bits per heavy atom. The number of hydrogen-bond donors (Lipinski definition) is 2. The van der Waals surface area contributed by atoms with E-state index in [9.17, 15) is 0 Å². The summed E-state index contributed by atoms with van der Waals surface area (Å²) in [7, 11) is 0. The number of fused-ring (bicyclic) bond motifs is 1. The fraction of sp³-hybridized carbons (Fsp3) is 0.176. The Morgan fingerprint density at radius 2 is 1.95 bits per heavy atom. The van der Waals surface area contributed by atoms with Crippen LogP contribution < -0.4 is 5.73 Å². The highest BCUT2D eigenvalue weighted by Gasteiger charge is 2.08. The highest BCUT2D eigenvalue weighted by atomic mass is 32.2. The number of para-hydroxylation sites is 1. The van der Waals surface area contributed by atoms with Crippen molar-refractivity contribution in [2.75, 3.05) is 5.75 Å². The molecule has 20 heavy (non-hydrogen) atoms. The molecule has 0 aliphatic carbocycles. The molecule has 1 unspecified atom stereocenters. The maximum absolute atomic E-state index is 6.27. The predicted molar refractivity (Wildman–Crippen MR) is 87.1 cm³/mol. The first-order valence-electron chi connectivity index (χ1n) is 6.75. The zero-order valence-electron chi connectivity index (χ0n) is 11.5. The Kier molecular flexibility index (Phi) is 3.81. The molecule has 1 aromatic heterocycles. The maximum Gasteiger partial charge on any atom is 0.0733 e. The van der Waals surface area contributed by atoms with Gasteiger partial charge in [0.1, 0.15) is 0 Å². The van der Waals surface area contributed by atoms with Crippen LogP contribution in [0.3, 0.4) is 0 Å². The Bertz CT molecular complexity index is 685. The van der Waals surface area contributed by atoms with E-state index in [-0.39, 0.29) is 6.04 Å². The summed E-state index contributed by atoms with van der Waals surface area (Å²) in [5.41, 5.74) is 9.91. The van der Waals surface area contributed by atoms with Crippen LogP contribution in [0.15, 0.2) is 59.6 Å². The van der Waals surface area contributed by atoms with Crippen LogP contribution in [0, 0.1) is 6.92 Å². The van der Waals surface area contributed by atoms with E-state index in [0.29, 0.717) is 0 Å². The number of nitrogens with one attached hydrogen (secondary N) is 1. The average molecular weight is 282 g/mol. The molecule has 0 spiro atoms. The van der Waals surface area contributed by atoms with Crippen molar-refractivity contribution in [2.45, 2.75) is 18.0 Å². The largest absolute Gasteiger partial charge is 0.350 e. The van der Waals surface area contributed by atoms with Gasteiger partial charge in [0.25, 0.3) is 0 Å². The standard InChI is InChI=1S/C17H18N2S/c1-12-5-4-7-13(9-12)15(18)11-20-17-10-14-6-2-3-8-16(14)19-17/h2-10,15,19H,11,18H2,1H3. The number of nitrogens with two attached hydrogens (primary N) is 1. The second kappa shape index (κ2) is 5.73. The van der Waals surface area contributed by atoms with Crippen LogP contribution in [-0.2, 0) is 0 Å². The van der Waals surface area contributed by atoms with Gasteiger partial charge in [-0.3, -0.25) is 0 Å². The van der Waals surface area contributed by atoms with E-state index in [1.165, 1.54) is 27.1 Å². The zero-order valence-corrected chi connectivity index (χ0v) is 12.3. The molecule has 1 heterocycles. The van der Waals surface area contributed by atoms with E-state index in [4.69, 9.17) is 5.73 Å². The molecule has 0 amide bonds. The second-order valence-corrected chi connectivity index (χ2v) is 6.11. The Balaban J connectivity index is 1.69. The molecule has 3 heteroatoms. The smallest absolute Gasteiger partial charge is 0.0733 e. The molecular formula is C17H18N2S. The van der Waals surface area contributed by atoms with Crippen molar-refractivity contribution in [1.82, 2.24) is 4.98 Å². The maximum atomic E-state index is 6.27. The normalized spacial score (nSPS) is 12.7. The summed E-state index contributed by atoms with van der Waals surface area (Å²) < 4.78 is 0. The van der Waals surface area contributed by atoms with Gasteiger partial charge in [-0.1, -0.05) is 48.0 Å². The van der Waals surface area contributed by atoms with Gasteiger partial charge in [0.05, 0.1) is 5.03 Å². The van der Waals surface area contributed by atoms with Crippen LogP contribution in [0.4, 0.5) is 0 Å². The molecular weight excluding hydrogens is 264 g/mol. The lowest BCUT2D eigenvalue weighted by Crippen LogP contribution is -2.12. The van der Waals surface area contributed by atoms with Gasteiger partial charge >= 0.3 is 0 Å². The van der Waals surface area contributed by atoms with Crippen molar-refractivity contribution in [1.29, 1.82) is 0 Å². The molecule has 0 aliphatic heterocycles. The van der Waals surface area contributed by atoms with E-state index in [0.717, 1.165) is 5.75 Å². The molecule has 2 nitrogen and oxygen atoms in total. The second-order valence-electron chi connectivity index (χ2n) is 5.05. The van der Waals surface area contributed by atoms with Crippen LogP contribution in [-0.4, -0.2) is 10.7 Å². The van der Waals surface area contributed by atoms with Gasteiger partial charge in [0.2, 0.25) is 0 Å². The molecule has 1 atom stereocenters. The summed E-state index contributed by atoms with van der Waals surface area (Å²) in [6.07, 6.45) is 0. The summed E-state index contributed by atoms with van der Waals surface area (Å²) in [4.78, 5) is 3.42. The van der Waals surface area contributed by atoms with Crippen LogP contribution in [0.5, 0.6) is 0 Å². The van der Waals surface area contributed by atoms with Crippen molar-refractivity contribution < 1.29 is 0 Å². The van der Waals surface area contributed by atoms with Gasteiger partial charge in [-0.25, -0.2) is 0 Å². The molecule has 0 fully saturated rings. The van der Waals surface area contributed by atoms with Crippen LogP contribution >= 0.6 is 11.8 Å². The van der Waals surface area contributed by atoms with Crippen molar-refractivity contribution in [3.8, 4) is 0 Å². The number of rotatable bonds is 4.